The highest BCUT2D eigenvalue weighted by atomic mass is 16.7. The molecule has 6 nitrogen and oxygen atoms in total. The number of nitrogens with one attached hydrogen (secondary N) is 1. The maximum atomic E-state index is 13.1. The summed E-state index contributed by atoms with van der Waals surface area (Å²) in [5.74, 6) is 0.971. The number of nitrogens with zero attached hydrogens (tertiary/aromatic N) is 1. The molecule has 4 rings (SSSR count). The van der Waals surface area contributed by atoms with Crippen molar-refractivity contribution in [2.45, 2.75) is 57.3 Å². The smallest absolute Gasteiger partial charge is 0.322 e. The van der Waals surface area contributed by atoms with E-state index in [9.17, 15) is 4.79 Å². The second kappa shape index (κ2) is 10.1. The van der Waals surface area contributed by atoms with Crippen LogP contribution in [-0.2, 0) is 11.3 Å². The Bertz CT molecular complexity index is 865. The summed E-state index contributed by atoms with van der Waals surface area (Å²) in [5.41, 5.74) is 1.82. The minimum Gasteiger partial charge on any atom is -0.448 e. The third-order valence-corrected chi connectivity index (χ3v) is 5.93. The summed E-state index contributed by atoms with van der Waals surface area (Å²) in [6, 6.07) is 15.6. The van der Waals surface area contributed by atoms with Gasteiger partial charge in [0.15, 0.2) is 11.5 Å². The molecule has 1 fully saturated rings. The zero-order valence-electron chi connectivity index (χ0n) is 18.3. The topological polar surface area (TPSA) is 60.0 Å². The van der Waals surface area contributed by atoms with Gasteiger partial charge in [-0.05, 0) is 43.4 Å². The largest absolute Gasteiger partial charge is 0.448 e. The van der Waals surface area contributed by atoms with Gasteiger partial charge in [-0.1, -0.05) is 36.8 Å². The summed E-state index contributed by atoms with van der Waals surface area (Å²) in [4.78, 5) is 14.9. The van der Waals surface area contributed by atoms with Crippen LogP contribution in [0.4, 0.5) is 10.5 Å². The van der Waals surface area contributed by atoms with Crippen molar-refractivity contribution in [3.63, 3.8) is 0 Å². The van der Waals surface area contributed by atoms with E-state index in [4.69, 9.17) is 14.2 Å². The number of amides is 2. The van der Waals surface area contributed by atoms with Crippen LogP contribution in [0.15, 0.2) is 48.5 Å². The monoisotopic (exact) mass is 424 g/mol. The van der Waals surface area contributed by atoms with Crippen molar-refractivity contribution in [3.05, 3.63) is 54.1 Å². The van der Waals surface area contributed by atoms with Crippen LogP contribution in [0.3, 0.4) is 0 Å². The molecule has 2 aliphatic rings. The van der Waals surface area contributed by atoms with E-state index in [1.54, 1.807) is 7.11 Å². The van der Waals surface area contributed by atoms with Crippen molar-refractivity contribution >= 4 is 11.7 Å². The van der Waals surface area contributed by atoms with Crippen molar-refractivity contribution in [2.75, 3.05) is 25.6 Å². The van der Waals surface area contributed by atoms with Gasteiger partial charge in [0, 0.05) is 51.4 Å². The molecule has 166 valence electrons. The Morgan fingerprint density at radius 2 is 1.81 bits per heavy atom. The van der Waals surface area contributed by atoms with Crippen LogP contribution in [0.1, 0.15) is 50.5 Å². The van der Waals surface area contributed by atoms with Crippen molar-refractivity contribution in [3.8, 4) is 11.5 Å². The molecule has 0 saturated heterocycles. The minimum atomic E-state index is -0.510. The first-order valence-corrected chi connectivity index (χ1v) is 11.3. The van der Waals surface area contributed by atoms with Gasteiger partial charge in [0.1, 0.15) is 0 Å². The first-order valence-electron chi connectivity index (χ1n) is 11.3. The minimum absolute atomic E-state index is 0.118. The molecule has 1 spiro atoms. The van der Waals surface area contributed by atoms with Crippen molar-refractivity contribution in [1.29, 1.82) is 0 Å². The van der Waals surface area contributed by atoms with Crippen LogP contribution >= 0.6 is 0 Å². The third-order valence-electron chi connectivity index (χ3n) is 5.93. The lowest BCUT2D eigenvalue weighted by molar-refractivity contribution is -0.105. The fourth-order valence-electron chi connectivity index (χ4n) is 4.27. The number of benzene rings is 2. The molecule has 0 radical (unpaired) electrons. The quantitative estimate of drug-likeness (QED) is 0.562. The average Bonchev–Trinajstić information content (AvgIpc) is 3.13. The van der Waals surface area contributed by atoms with Gasteiger partial charge >= 0.3 is 6.03 Å². The molecule has 2 aromatic rings. The van der Waals surface area contributed by atoms with Gasteiger partial charge in [0.25, 0.3) is 5.79 Å². The molecule has 2 amide bonds. The van der Waals surface area contributed by atoms with Crippen LogP contribution in [0.2, 0.25) is 0 Å². The van der Waals surface area contributed by atoms with E-state index in [2.05, 4.69) is 5.32 Å². The molecular weight excluding hydrogens is 392 g/mol. The number of carbonyl (C=O) groups is 1. The number of rotatable bonds is 8. The number of ether oxygens (including phenoxy) is 3. The molecule has 0 atom stereocenters. The van der Waals surface area contributed by atoms with E-state index in [1.165, 1.54) is 6.42 Å². The van der Waals surface area contributed by atoms with E-state index >= 15 is 0 Å². The number of methoxy groups -OCH3 is 1. The Labute approximate surface area is 184 Å². The second-order valence-electron chi connectivity index (χ2n) is 8.37. The molecule has 1 heterocycles. The average molecular weight is 425 g/mol. The molecule has 1 N–H and O–H groups in total. The van der Waals surface area contributed by atoms with E-state index in [-0.39, 0.29) is 6.03 Å². The normalized spacial score (nSPS) is 16.3. The number of hydrogen-bond acceptors (Lipinski definition) is 4. The van der Waals surface area contributed by atoms with Gasteiger partial charge in [-0.2, -0.15) is 0 Å². The predicted octanol–water partition coefficient (Wildman–Crippen LogP) is 5.58. The maximum Gasteiger partial charge on any atom is 0.322 e. The van der Waals surface area contributed by atoms with E-state index < -0.39 is 5.79 Å². The van der Waals surface area contributed by atoms with Crippen LogP contribution in [0, 0.1) is 0 Å². The molecule has 1 aliphatic carbocycles. The SMILES string of the molecule is COCCCCN(Cc1ccccc1)C(=O)Nc1ccc2c(c1)OC1(CCCCC1)O2. The fourth-order valence-corrected chi connectivity index (χ4v) is 4.27. The lowest BCUT2D eigenvalue weighted by Crippen LogP contribution is -2.40. The number of fused-ring (bicyclic) bond motifs is 1. The molecule has 6 heteroatoms. The molecule has 1 aliphatic heterocycles. The molecule has 1 saturated carbocycles. The van der Waals surface area contributed by atoms with Gasteiger partial charge in [-0.25, -0.2) is 4.79 Å². The van der Waals surface area contributed by atoms with Gasteiger partial charge in [-0.3, -0.25) is 0 Å². The molecule has 0 aromatic heterocycles. The first-order chi connectivity index (χ1) is 15.2. The molecule has 31 heavy (non-hydrogen) atoms. The zero-order chi connectivity index (χ0) is 21.5. The summed E-state index contributed by atoms with van der Waals surface area (Å²) < 4.78 is 17.5. The predicted molar refractivity (Wildman–Crippen MR) is 120 cm³/mol. The highest BCUT2D eigenvalue weighted by Crippen LogP contribution is 2.46. The molecule has 2 aromatic carbocycles. The summed E-state index contributed by atoms with van der Waals surface area (Å²) in [5, 5.41) is 3.04. The van der Waals surface area contributed by atoms with Crippen LogP contribution < -0.4 is 14.8 Å². The van der Waals surface area contributed by atoms with Gasteiger partial charge < -0.3 is 24.4 Å². The second-order valence-corrected chi connectivity index (χ2v) is 8.37. The molecule has 0 unspecified atom stereocenters. The Morgan fingerprint density at radius 3 is 2.58 bits per heavy atom. The van der Waals surface area contributed by atoms with Crippen LogP contribution in [0.25, 0.3) is 0 Å². The number of carbonyl (C=O) groups excluding carboxylic acids is 1. The zero-order valence-corrected chi connectivity index (χ0v) is 18.3. The Morgan fingerprint density at radius 1 is 1.03 bits per heavy atom. The standard InChI is InChI=1S/C25H32N2O4/c1-29-17-9-8-16-27(19-20-10-4-2-5-11-20)24(28)26-21-12-13-22-23(18-21)31-25(30-22)14-6-3-7-15-25/h2,4-5,10-13,18H,3,6-9,14-17,19H2,1H3,(H,26,28). The summed E-state index contributed by atoms with van der Waals surface area (Å²) in [6.45, 7) is 1.93. The van der Waals surface area contributed by atoms with Gasteiger partial charge in [-0.15, -0.1) is 0 Å². The van der Waals surface area contributed by atoms with E-state index in [1.807, 2.05) is 53.4 Å². The highest BCUT2D eigenvalue weighted by Gasteiger charge is 2.42. The fraction of sp³-hybridized carbons (Fsp3) is 0.480. The number of hydrogen-bond donors (Lipinski definition) is 1. The summed E-state index contributed by atoms with van der Waals surface area (Å²) in [6.07, 6.45) is 7.10. The van der Waals surface area contributed by atoms with Gasteiger partial charge in [0.2, 0.25) is 0 Å². The summed E-state index contributed by atoms with van der Waals surface area (Å²) in [7, 11) is 1.70. The number of urea groups is 1. The van der Waals surface area contributed by atoms with Gasteiger partial charge in [0.05, 0.1) is 0 Å². The lowest BCUT2D eigenvalue weighted by Gasteiger charge is -2.31. The Hall–Kier alpha value is -2.73. The Kier molecular flexibility index (Phi) is 6.97. The number of anilines is 1. The van der Waals surface area contributed by atoms with Crippen LogP contribution in [0.5, 0.6) is 11.5 Å². The molecule has 0 bridgehead atoms. The lowest BCUT2D eigenvalue weighted by atomic mass is 9.94. The third kappa shape index (κ3) is 5.50. The number of unbranched alkanes of at least 4 members (excludes halogenated alkanes) is 1. The first kappa shape index (κ1) is 21.5. The van der Waals surface area contributed by atoms with E-state index in [0.29, 0.717) is 19.7 Å². The molecular formula is C25H32N2O4. The van der Waals surface area contributed by atoms with Crippen molar-refractivity contribution < 1.29 is 19.0 Å². The maximum absolute atomic E-state index is 13.1. The van der Waals surface area contributed by atoms with E-state index in [0.717, 1.165) is 61.3 Å². The highest BCUT2D eigenvalue weighted by molar-refractivity contribution is 5.89. The van der Waals surface area contributed by atoms with Crippen LogP contribution in [-0.4, -0.2) is 37.0 Å². The summed E-state index contributed by atoms with van der Waals surface area (Å²) >= 11 is 0. The Balaban J connectivity index is 1.41. The van der Waals surface area contributed by atoms with Crippen molar-refractivity contribution in [2.24, 2.45) is 0 Å². The van der Waals surface area contributed by atoms with Crippen molar-refractivity contribution in [1.82, 2.24) is 4.90 Å².